The van der Waals surface area contributed by atoms with Gasteiger partial charge in [-0.3, -0.25) is 0 Å². The Morgan fingerprint density at radius 2 is 1.95 bits per heavy atom. The van der Waals surface area contributed by atoms with Crippen LogP contribution in [0.2, 0.25) is 0 Å². The summed E-state index contributed by atoms with van der Waals surface area (Å²) in [4.78, 5) is 13.7. The Hall–Kier alpha value is -0.810. The lowest BCUT2D eigenvalue weighted by atomic mass is 10.0. The topological polar surface area (TPSA) is 50.8 Å². The number of carbonyl (C=O) groups is 1. The number of nitrogens with zero attached hydrogens (tertiary/aromatic N) is 1. The maximum absolute atomic E-state index is 11.9. The van der Waals surface area contributed by atoms with Gasteiger partial charge >= 0.3 is 6.09 Å². The van der Waals surface area contributed by atoms with Crippen molar-refractivity contribution in [3.05, 3.63) is 0 Å². The van der Waals surface area contributed by atoms with E-state index in [0.29, 0.717) is 12.0 Å². The number of hydrogen-bond acceptors (Lipinski definition) is 4. The first-order valence-electron chi connectivity index (χ1n) is 7.52. The maximum atomic E-state index is 11.9. The molecular formula is C15H30N2O3. The molecule has 0 bridgehead atoms. The van der Waals surface area contributed by atoms with Crippen molar-refractivity contribution in [3.63, 3.8) is 0 Å². The molecule has 5 nitrogen and oxygen atoms in total. The largest absolute Gasteiger partial charge is 0.444 e. The molecule has 0 aromatic carbocycles. The van der Waals surface area contributed by atoms with E-state index in [1.165, 1.54) is 0 Å². The summed E-state index contributed by atoms with van der Waals surface area (Å²) in [7, 11) is 1.73. The van der Waals surface area contributed by atoms with Crippen LogP contribution in [0.15, 0.2) is 0 Å². The minimum absolute atomic E-state index is 0.191. The van der Waals surface area contributed by atoms with Crippen LogP contribution in [-0.2, 0) is 9.47 Å². The number of carbonyl (C=O) groups excluding carboxylic acids is 1. The fraction of sp³-hybridized carbons (Fsp3) is 0.933. The van der Waals surface area contributed by atoms with Crippen LogP contribution in [0.5, 0.6) is 0 Å². The second-order valence-electron chi connectivity index (χ2n) is 6.71. The average Bonchev–Trinajstić information content (AvgIpc) is 2.35. The third-order valence-corrected chi connectivity index (χ3v) is 3.35. The number of rotatable bonds is 5. The molecule has 0 spiro atoms. The Morgan fingerprint density at radius 3 is 2.45 bits per heavy atom. The van der Waals surface area contributed by atoms with Crippen LogP contribution >= 0.6 is 0 Å². The van der Waals surface area contributed by atoms with Crippen molar-refractivity contribution in [2.75, 3.05) is 33.4 Å². The van der Waals surface area contributed by atoms with Gasteiger partial charge in [0, 0.05) is 39.4 Å². The van der Waals surface area contributed by atoms with Gasteiger partial charge in [-0.05, 0) is 39.5 Å². The van der Waals surface area contributed by atoms with Crippen molar-refractivity contribution in [3.8, 4) is 0 Å². The van der Waals surface area contributed by atoms with Crippen LogP contribution < -0.4 is 5.32 Å². The Labute approximate surface area is 123 Å². The number of piperidine rings is 1. The summed E-state index contributed by atoms with van der Waals surface area (Å²) in [6.45, 7) is 11.2. The van der Waals surface area contributed by atoms with Gasteiger partial charge in [0.1, 0.15) is 5.60 Å². The lowest BCUT2D eigenvalue weighted by molar-refractivity contribution is 0.0197. The first-order chi connectivity index (χ1) is 9.31. The summed E-state index contributed by atoms with van der Waals surface area (Å²) in [6.07, 6.45) is 1.78. The van der Waals surface area contributed by atoms with E-state index < -0.39 is 5.60 Å². The maximum Gasteiger partial charge on any atom is 0.410 e. The molecule has 118 valence electrons. The third kappa shape index (κ3) is 6.57. The first-order valence-corrected chi connectivity index (χ1v) is 7.52. The molecule has 1 N–H and O–H groups in total. The van der Waals surface area contributed by atoms with Gasteiger partial charge in [-0.15, -0.1) is 0 Å². The van der Waals surface area contributed by atoms with Gasteiger partial charge in [0.15, 0.2) is 0 Å². The number of amides is 1. The molecule has 1 amide bonds. The summed E-state index contributed by atoms with van der Waals surface area (Å²) in [6, 6.07) is 0.494. The van der Waals surface area contributed by atoms with Gasteiger partial charge in [-0.25, -0.2) is 4.79 Å². The number of nitrogens with one attached hydrogen (secondary N) is 1. The smallest absolute Gasteiger partial charge is 0.410 e. The average molecular weight is 286 g/mol. The van der Waals surface area contributed by atoms with Crippen molar-refractivity contribution < 1.29 is 14.3 Å². The summed E-state index contributed by atoms with van der Waals surface area (Å²) in [5.41, 5.74) is -0.415. The highest BCUT2D eigenvalue weighted by molar-refractivity contribution is 5.68. The molecule has 1 unspecified atom stereocenters. The molecule has 1 rings (SSSR count). The first kappa shape index (κ1) is 17.2. The van der Waals surface area contributed by atoms with Crippen molar-refractivity contribution in [2.45, 2.75) is 52.2 Å². The summed E-state index contributed by atoms with van der Waals surface area (Å²) in [5.74, 6) is 0.517. The zero-order valence-corrected chi connectivity index (χ0v) is 13.6. The van der Waals surface area contributed by atoms with E-state index in [1.807, 2.05) is 25.7 Å². The number of methoxy groups -OCH3 is 1. The quantitative estimate of drug-likeness (QED) is 0.842. The summed E-state index contributed by atoms with van der Waals surface area (Å²) >= 11 is 0. The van der Waals surface area contributed by atoms with E-state index >= 15 is 0 Å². The fourth-order valence-electron chi connectivity index (χ4n) is 2.30. The van der Waals surface area contributed by atoms with Crippen LogP contribution in [0.25, 0.3) is 0 Å². The number of ether oxygens (including phenoxy) is 2. The van der Waals surface area contributed by atoms with Gasteiger partial charge < -0.3 is 19.7 Å². The molecule has 1 atom stereocenters. The second kappa shape index (κ2) is 7.84. The van der Waals surface area contributed by atoms with Crippen molar-refractivity contribution >= 4 is 6.09 Å². The summed E-state index contributed by atoms with van der Waals surface area (Å²) in [5, 5.41) is 3.56. The van der Waals surface area contributed by atoms with Crippen molar-refractivity contribution in [1.29, 1.82) is 0 Å². The van der Waals surface area contributed by atoms with Crippen molar-refractivity contribution in [2.24, 2.45) is 5.92 Å². The molecule has 1 fully saturated rings. The highest BCUT2D eigenvalue weighted by Crippen LogP contribution is 2.15. The standard InChI is InChI=1S/C15H30N2O3/c1-12(11-19-5)10-16-13-6-8-17(9-7-13)14(18)20-15(2,3)4/h12-13,16H,6-11H2,1-5H3. The highest BCUT2D eigenvalue weighted by atomic mass is 16.6. The van der Waals surface area contributed by atoms with Gasteiger partial charge in [0.25, 0.3) is 0 Å². The molecule has 0 saturated carbocycles. The Bertz CT molecular complexity index is 294. The minimum Gasteiger partial charge on any atom is -0.444 e. The zero-order valence-electron chi connectivity index (χ0n) is 13.6. The number of likely N-dealkylation sites (tertiary alicyclic amines) is 1. The molecule has 0 aliphatic carbocycles. The molecule has 1 saturated heterocycles. The Kier molecular flexibility index (Phi) is 6.76. The van der Waals surface area contributed by atoms with Crippen LogP contribution in [0.4, 0.5) is 4.79 Å². The van der Waals surface area contributed by atoms with E-state index in [4.69, 9.17) is 9.47 Å². The van der Waals surface area contributed by atoms with Gasteiger partial charge in [0.2, 0.25) is 0 Å². The monoisotopic (exact) mass is 286 g/mol. The lowest BCUT2D eigenvalue weighted by Gasteiger charge is -2.34. The molecule has 1 aliphatic heterocycles. The molecule has 0 radical (unpaired) electrons. The highest BCUT2D eigenvalue weighted by Gasteiger charge is 2.26. The second-order valence-corrected chi connectivity index (χ2v) is 6.71. The van der Waals surface area contributed by atoms with E-state index in [1.54, 1.807) is 7.11 Å². The van der Waals surface area contributed by atoms with Crippen LogP contribution in [0, 0.1) is 5.92 Å². The van der Waals surface area contributed by atoms with Gasteiger partial charge in [0.05, 0.1) is 0 Å². The molecular weight excluding hydrogens is 256 g/mol. The van der Waals surface area contributed by atoms with Gasteiger partial charge in [-0.1, -0.05) is 6.92 Å². The third-order valence-electron chi connectivity index (χ3n) is 3.35. The summed E-state index contributed by atoms with van der Waals surface area (Å²) < 4.78 is 10.5. The normalized spacial score (nSPS) is 18.9. The predicted octanol–water partition coefficient (Wildman–Crippen LogP) is 2.26. The minimum atomic E-state index is -0.415. The van der Waals surface area contributed by atoms with E-state index in [2.05, 4.69) is 12.2 Å². The Balaban J connectivity index is 2.24. The van der Waals surface area contributed by atoms with E-state index in [-0.39, 0.29) is 6.09 Å². The fourth-order valence-corrected chi connectivity index (χ4v) is 2.30. The zero-order chi connectivity index (χ0) is 15.2. The molecule has 0 aromatic heterocycles. The molecule has 0 aromatic rings. The van der Waals surface area contributed by atoms with Gasteiger partial charge in [-0.2, -0.15) is 0 Å². The van der Waals surface area contributed by atoms with Crippen LogP contribution in [0.1, 0.15) is 40.5 Å². The van der Waals surface area contributed by atoms with Crippen LogP contribution in [0.3, 0.4) is 0 Å². The lowest BCUT2D eigenvalue weighted by Crippen LogP contribution is -2.47. The molecule has 1 aliphatic rings. The predicted molar refractivity (Wildman–Crippen MR) is 79.9 cm³/mol. The molecule has 5 heteroatoms. The molecule has 20 heavy (non-hydrogen) atoms. The molecule has 1 heterocycles. The van der Waals surface area contributed by atoms with Crippen LogP contribution in [-0.4, -0.2) is 56.0 Å². The number of hydrogen-bond donors (Lipinski definition) is 1. The van der Waals surface area contributed by atoms with E-state index in [9.17, 15) is 4.79 Å². The Morgan fingerprint density at radius 1 is 1.35 bits per heavy atom. The van der Waals surface area contributed by atoms with Crippen molar-refractivity contribution in [1.82, 2.24) is 10.2 Å². The SMILES string of the molecule is COCC(C)CNC1CCN(C(=O)OC(C)(C)C)CC1. The van der Waals surface area contributed by atoms with E-state index in [0.717, 1.165) is 39.1 Å².